The van der Waals surface area contributed by atoms with E-state index in [1.54, 1.807) is 0 Å². The Labute approximate surface area is 162 Å². The Hall–Kier alpha value is -1.54. The summed E-state index contributed by atoms with van der Waals surface area (Å²) in [6.07, 6.45) is 4.62. The summed E-state index contributed by atoms with van der Waals surface area (Å²) in [5.41, 5.74) is 0.718. The number of hydrogen-bond acceptors (Lipinski definition) is 6. The molecule has 0 spiro atoms. The van der Waals surface area contributed by atoms with Crippen molar-refractivity contribution in [2.45, 2.75) is 54.5 Å². The van der Waals surface area contributed by atoms with E-state index in [0.717, 1.165) is 49.8 Å². The lowest BCUT2D eigenvalue weighted by atomic mass is 9.84. The highest BCUT2D eigenvalue weighted by Crippen LogP contribution is 2.50. The molecular formula is C15H15F6O6S2-. The molecule has 0 aromatic heterocycles. The number of halogens is 6. The number of rotatable bonds is 7. The first kappa shape index (κ1) is 23.7. The highest BCUT2D eigenvalue weighted by molar-refractivity contribution is 7.88. The van der Waals surface area contributed by atoms with Crippen LogP contribution in [0.1, 0.15) is 43.6 Å². The van der Waals surface area contributed by atoms with Crippen molar-refractivity contribution in [3.63, 3.8) is 0 Å². The van der Waals surface area contributed by atoms with Gasteiger partial charge in [0.05, 0.1) is 0 Å². The molecule has 0 unspecified atom stereocenters. The molecule has 0 atom stereocenters. The first-order valence-electron chi connectivity index (χ1n) is 8.17. The van der Waals surface area contributed by atoms with Crippen LogP contribution in [0.3, 0.4) is 0 Å². The van der Waals surface area contributed by atoms with Gasteiger partial charge in [0.15, 0.2) is 10.1 Å². The molecule has 0 bridgehead atoms. The second kappa shape index (κ2) is 7.61. The summed E-state index contributed by atoms with van der Waals surface area (Å²) in [7, 11) is -14.1. The molecule has 166 valence electrons. The highest BCUT2D eigenvalue weighted by Gasteiger charge is 2.81. The fourth-order valence-corrected chi connectivity index (χ4v) is 4.31. The third-order valence-corrected chi connectivity index (χ3v) is 6.70. The predicted molar refractivity (Wildman–Crippen MR) is 86.4 cm³/mol. The molecule has 1 aliphatic carbocycles. The first-order valence-corrected chi connectivity index (χ1v) is 11.0. The molecule has 1 aromatic rings. The van der Waals surface area contributed by atoms with E-state index in [1.807, 2.05) is 0 Å². The molecule has 6 nitrogen and oxygen atoms in total. The van der Waals surface area contributed by atoms with Gasteiger partial charge in [0, 0.05) is 0 Å². The van der Waals surface area contributed by atoms with Crippen molar-refractivity contribution in [2.75, 3.05) is 0 Å². The fraction of sp³-hybridized carbons (Fsp3) is 0.600. The van der Waals surface area contributed by atoms with Gasteiger partial charge in [-0.2, -0.15) is 34.8 Å². The largest absolute Gasteiger partial charge is 0.743 e. The zero-order valence-electron chi connectivity index (χ0n) is 14.5. The number of benzene rings is 1. The average Bonchev–Trinajstić information content (AvgIpc) is 2.61. The number of hydrogen-bond donors (Lipinski definition) is 0. The van der Waals surface area contributed by atoms with Gasteiger partial charge in [-0.1, -0.05) is 31.4 Å². The van der Waals surface area contributed by atoms with E-state index < -0.39 is 42.4 Å². The summed E-state index contributed by atoms with van der Waals surface area (Å²) in [6, 6.07) is 4.37. The van der Waals surface area contributed by atoms with Crippen LogP contribution in [0.4, 0.5) is 26.3 Å². The van der Waals surface area contributed by atoms with Crippen molar-refractivity contribution < 1.29 is 51.9 Å². The van der Waals surface area contributed by atoms with Gasteiger partial charge in [-0.05, 0) is 36.5 Å². The lowest BCUT2D eigenvalue weighted by Crippen LogP contribution is -2.61. The summed E-state index contributed by atoms with van der Waals surface area (Å²) in [6.45, 7) is 0. The smallest absolute Gasteiger partial charge is 0.450 e. The van der Waals surface area contributed by atoms with E-state index in [-0.39, 0.29) is 5.92 Å². The maximum atomic E-state index is 13.7. The van der Waals surface area contributed by atoms with E-state index in [1.165, 1.54) is 12.1 Å². The third-order valence-electron chi connectivity index (χ3n) is 4.52. The van der Waals surface area contributed by atoms with Crippen molar-refractivity contribution in [1.82, 2.24) is 0 Å². The van der Waals surface area contributed by atoms with Crippen molar-refractivity contribution in [3.05, 3.63) is 29.8 Å². The molecule has 0 aliphatic heterocycles. The molecule has 1 saturated carbocycles. The van der Waals surface area contributed by atoms with Crippen LogP contribution in [-0.4, -0.2) is 37.8 Å². The van der Waals surface area contributed by atoms with Gasteiger partial charge in [0.1, 0.15) is 5.75 Å². The van der Waals surface area contributed by atoms with E-state index in [2.05, 4.69) is 4.18 Å². The van der Waals surface area contributed by atoms with Crippen LogP contribution in [0.25, 0.3) is 0 Å². The minimum atomic E-state index is -7.33. The first-order chi connectivity index (χ1) is 13.0. The van der Waals surface area contributed by atoms with Gasteiger partial charge in [0.2, 0.25) is 0 Å². The highest BCUT2D eigenvalue weighted by atomic mass is 32.2. The molecule has 0 saturated heterocycles. The van der Waals surface area contributed by atoms with Crippen molar-refractivity contribution in [3.8, 4) is 5.75 Å². The van der Waals surface area contributed by atoms with Crippen molar-refractivity contribution in [1.29, 1.82) is 0 Å². The Balaban J connectivity index is 2.29. The van der Waals surface area contributed by atoms with Gasteiger partial charge in [-0.25, -0.2) is 8.42 Å². The minimum absolute atomic E-state index is 0.126. The van der Waals surface area contributed by atoms with E-state index in [9.17, 15) is 47.7 Å². The SMILES string of the molecule is O=S(=O)([O-])C(F)(F)C(F)(F)C(F)(F)S(=O)(=O)Oc1ccc(C2CCCCC2)cc1. The molecular weight excluding hydrogens is 454 g/mol. The Morgan fingerprint density at radius 2 is 1.31 bits per heavy atom. The van der Waals surface area contributed by atoms with Crippen LogP contribution >= 0.6 is 0 Å². The van der Waals surface area contributed by atoms with E-state index in [0.29, 0.717) is 0 Å². The predicted octanol–water partition coefficient (Wildman–Crippen LogP) is 3.81. The summed E-state index contributed by atoms with van der Waals surface area (Å²) < 4.78 is 138. The second-order valence-electron chi connectivity index (χ2n) is 6.50. The van der Waals surface area contributed by atoms with Crippen molar-refractivity contribution >= 4 is 20.2 Å². The summed E-state index contributed by atoms with van der Waals surface area (Å²) >= 11 is 0. The molecule has 0 N–H and O–H groups in total. The summed E-state index contributed by atoms with van der Waals surface area (Å²) in [5, 5.41) is -13.6. The standard InChI is InChI=1S/C15H16F6O6S2/c16-13(17,14(18,19)28(22,23)24)15(20,21)29(25,26)27-12-8-6-11(7-9-12)10-4-2-1-3-5-10/h6-10H,1-5H2,(H,22,23,24)/p-1. The topological polar surface area (TPSA) is 101 Å². The van der Waals surface area contributed by atoms with Crippen LogP contribution in [-0.2, 0) is 20.2 Å². The van der Waals surface area contributed by atoms with Crippen LogP contribution < -0.4 is 4.18 Å². The average molecular weight is 469 g/mol. The van der Waals surface area contributed by atoms with Crippen LogP contribution in [0.2, 0.25) is 0 Å². The van der Waals surface area contributed by atoms with Crippen LogP contribution in [0.5, 0.6) is 5.75 Å². The molecule has 0 amide bonds. The Kier molecular flexibility index (Phi) is 6.23. The van der Waals surface area contributed by atoms with Crippen LogP contribution in [0, 0.1) is 0 Å². The van der Waals surface area contributed by atoms with Gasteiger partial charge < -0.3 is 8.74 Å². The fourth-order valence-electron chi connectivity index (χ4n) is 2.89. The molecule has 0 heterocycles. The normalized spacial score (nSPS) is 17.9. The Morgan fingerprint density at radius 3 is 1.76 bits per heavy atom. The monoisotopic (exact) mass is 469 g/mol. The van der Waals surface area contributed by atoms with Gasteiger partial charge >= 0.3 is 26.5 Å². The molecule has 1 aliphatic rings. The zero-order chi connectivity index (χ0) is 22.3. The third kappa shape index (κ3) is 4.19. The molecule has 0 radical (unpaired) electrons. The van der Waals surface area contributed by atoms with Gasteiger partial charge in [-0.15, -0.1) is 0 Å². The van der Waals surface area contributed by atoms with Gasteiger partial charge in [-0.3, -0.25) is 0 Å². The molecule has 2 rings (SSSR count). The maximum Gasteiger partial charge on any atom is 0.450 e. The molecule has 29 heavy (non-hydrogen) atoms. The lowest BCUT2D eigenvalue weighted by molar-refractivity contribution is -0.247. The molecule has 14 heteroatoms. The Morgan fingerprint density at radius 1 is 0.828 bits per heavy atom. The van der Waals surface area contributed by atoms with Gasteiger partial charge in [0.25, 0.3) is 0 Å². The van der Waals surface area contributed by atoms with Crippen molar-refractivity contribution in [2.24, 2.45) is 0 Å². The molecule has 1 aromatic carbocycles. The molecule has 1 fully saturated rings. The Bertz CT molecular complexity index is 938. The minimum Gasteiger partial charge on any atom is -0.743 e. The number of alkyl halides is 6. The summed E-state index contributed by atoms with van der Waals surface area (Å²) in [4.78, 5) is 0. The second-order valence-corrected chi connectivity index (χ2v) is 9.51. The zero-order valence-corrected chi connectivity index (χ0v) is 16.1. The summed E-state index contributed by atoms with van der Waals surface area (Å²) in [5.74, 6) is -7.85. The quantitative estimate of drug-likeness (QED) is 0.342. The maximum absolute atomic E-state index is 13.7. The lowest BCUT2D eigenvalue weighted by Gasteiger charge is -2.32. The van der Waals surface area contributed by atoms with Crippen LogP contribution in [0.15, 0.2) is 24.3 Å². The van der Waals surface area contributed by atoms with E-state index in [4.69, 9.17) is 0 Å². The van der Waals surface area contributed by atoms with E-state index >= 15 is 0 Å².